The number of nitrogens with two attached hydrogens (primary N) is 1. The van der Waals surface area contributed by atoms with Gasteiger partial charge in [0.15, 0.2) is 0 Å². The number of hydrogen-bond acceptors (Lipinski definition) is 2. The fourth-order valence-corrected chi connectivity index (χ4v) is 0.369. The van der Waals surface area contributed by atoms with E-state index in [4.69, 9.17) is 5.73 Å². The first-order chi connectivity index (χ1) is 4.48. The number of rotatable bonds is 3. The van der Waals surface area contributed by atoms with Gasteiger partial charge in [-0.05, 0) is 11.8 Å². The quantitative estimate of drug-likeness (QED) is 0.654. The van der Waals surface area contributed by atoms with E-state index in [2.05, 4.69) is 4.74 Å². The Kier molecular flexibility index (Phi) is 3.19. The van der Waals surface area contributed by atoms with Crippen LogP contribution in [0.2, 0.25) is 0 Å². The van der Waals surface area contributed by atoms with E-state index in [0.29, 0.717) is 6.61 Å². The van der Waals surface area contributed by atoms with Crippen LogP contribution in [-0.4, -0.2) is 12.7 Å². The van der Waals surface area contributed by atoms with Gasteiger partial charge in [0.25, 0.3) is 0 Å². The molecule has 0 fully saturated rings. The van der Waals surface area contributed by atoms with Gasteiger partial charge in [0.1, 0.15) is 0 Å². The Morgan fingerprint density at radius 3 is 2.40 bits per heavy atom. The topological polar surface area (TPSA) is 52.3 Å². The van der Waals surface area contributed by atoms with E-state index in [-0.39, 0.29) is 5.41 Å². The summed E-state index contributed by atoms with van der Waals surface area (Å²) >= 11 is 0. The minimum Gasteiger partial charge on any atom is -0.449 e. The first-order valence-electron chi connectivity index (χ1n) is 3.40. The second-order valence-corrected chi connectivity index (χ2v) is 3.13. The molecular formula is C7H15NO2. The van der Waals surface area contributed by atoms with Crippen molar-refractivity contribution in [3.63, 3.8) is 0 Å². The summed E-state index contributed by atoms with van der Waals surface area (Å²) in [4.78, 5) is 10.2. The van der Waals surface area contributed by atoms with Crippen molar-refractivity contribution in [3.8, 4) is 0 Å². The summed E-state index contributed by atoms with van der Waals surface area (Å²) in [7, 11) is 0. The maximum Gasteiger partial charge on any atom is 0.404 e. The molecular weight excluding hydrogens is 130 g/mol. The van der Waals surface area contributed by atoms with Crippen LogP contribution in [0.25, 0.3) is 0 Å². The minimum atomic E-state index is -0.693. The fourth-order valence-electron chi connectivity index (χ4n) is 0.369. The summed E-state index contributed by atoms with van der Waals surface area (Å²) in [5, 5.41) is 0. The van der Waals surface area contributed by atoms with Crippen molar-refractivity contribution in [1.82, 2.24) is 0 Å². The molecule has 3 heteroatoms. The van der Waals surface area contributed by atoms with Gasteiger partial charge in [0, 0.05) is 0 Å². The molecule has 0 spiro atoms. The molecule has 0 aliphatic heterocycles. The lowest BCUT2D eigenvalue weighted by atomic mass is 9.92. The van der Waals surface area contributed by atoms with Crippen LogP contribution in [0.3, 0.4) is 0 Å². The van der Waals surface area contributed by atoms with Crippen molar-refractivity contribution < 1.29 is 9.53 Å². The third kappa shape index (κ3) is 4.18. The van der Waals surface area contributed by atoms with Crippen molar-refractivity contribution in [2.75, 3.05) is 6.61 Å². The molecule has 1 amide bonds. The SMILES string of the molecule is CCC(C)(C)COC(N)=O. The van der Waals surface area contributed by atoms with E-state index in [1.807, 2.05) is 20.8 Å². The first kappa shape index (κ1) is 9.27. The highest BCUT2D eigenvalue weighted by Crippen LogP contribution is 2.19. The predicted molar refractivity (Wildman–Crippen MR) is 39.6 cm³/mol. The van der Waals surface area contributed by atoms with Gasteiger partial charge in [-0.1, -0.05) is 20.8 Å². The standard InChI is InChI=1S/C7H15NO2/c1-4-7(2,3)5-10-6(8)9/h4-5H2,1-3H3,(H2,8,9). The van der Waals surface area contributed by atoms with Gasteiger partial charge in [0.05, 0.1) is 6.61 Å². The van der Waals surface area contributed by atoms with E-state index in [0.717, 1.165) is 6.42 Å². The normalized spacial score (nSPS) is 11.1. The van der Waals surface area contributed by atoms with Crippen molar-refractivity contribution in [1.29, 1.82) is 0 Å². The minimum absolute atomic E-state index is 0.0506. The van der Waals surface area contributed by atoms with Crippen LogP contribution in [0.4, 0.5) is 4.79 Å². The number of primary amides is 1. The van der Waals surface area contributed by atoms with Crippen LogP contribution in [0.1, 0.15) is 27.2 Å². The van der Waals surface area contributed by atoms with E-state index in [9.17, 15) is 4.79 Å². The molecule has 3 nitrogen and oxygen atoms in total. The zero-order chi connectivity index (χ0) is 8.20. The van der Waals surface area contributed by atoms with Crippen LogP contribution >= 0.6 is 0 Å². The Morgan fingerprint density at radius 1 is 1.60 bits per heavy atom. The number of carbonyl (C=O) groups is 1. The van der Waals surface area contributed by atoms with Gasteiger partial charge in [-0.15, -0.1) is 0 Å². The Hall–Kier alpha value is -0.730. The molecule has 60 valence electrons. The van der Waals surface area contributed by atoms with Gasteiger partial charge < -0.3 is 10.5 Å². The lowest BCUT2D eigenvalue weighted by Gasteiger charge is -2.20. The number of hydrogen-bond donors (Lipinski definition) is 1. The van der Waals surface area contributed by atoms with Gasteiger partial charge in [-0.3, -0.25) is 0 Å². The van der Waals surface area contributed by atoms with Gasteiger partial charge in [-0.25, -0.2) is 4.79 Å². The molecule has 0 atom stereocenters. The summed E-state index contributed by atoms with van der Waals surface area (Å²) in [6.45, 7) is 6.50. The van der Waals surface area contributed by atoms with Crippen LogP contribution in [-0.2, 0) is 4.74 Å². The Bertz CT molecular complexity index is 121. The van der Waals surface area contributed by atoms with Gasteiger partial charge in [-0.2, -0.15) is 0 Å². The molecule has 0 heterocycles. The van der Waals surface area contributed by atoms with E-state index in [1.54, 1.807) is 0 Å². The molecule has 0 aromatic rings. The predicted octanol–water partition coefficient (Wildman–Crippen LogP) is 1.52. The molecule has 0 bridgehead atoms. The third-order valence-corrected chi connectivity index (χ3v) is 1.56. The van der Waals surface area contributed by atoms with E-state index >= 15 is 0 Å². The molecule has 0 radical (unpaired) electrons. The molecule has 0 aromatic carbocycles. The molecule has 0 aliphatic carbocycles. The Labute approximate surface area is 61.5 Å². The molecule has 10 heavy (non-hydrogen) atoms. The number of ether oxygens (including phenoxy) is 1. The highest BCUT2D eigenvalue weighted by molar-refractivity contribution is 5.64. The zero-order valence-corrected chi connectivity index (χ0v) is 6.81. The summed E-state index contributed by atoms with van der Waals surface area (Å²) in [6, 6.07) is 0. The molecule has 0 unspecified atom stereocenters. The molecule has 0 rings (SSSR count). The lowest BCUT2D eigenvalue weighted by molar-refractivity contribution is 0.104. The second-order valence-electron chi connectivity index (χ2n) is 3.13. The van der Waals surface area contributed by atoms with Crippen molar-refractivity contribution >= 4 is 6.09 Å². The largest absolute Gasteiger partial charge is 0.449 e. The van der Waals surface area contributed by atoms with Crippen LogP contribution in [0.15, 0.2) is 0 Å². The van der Waals surface area contributed by atoms with Crippen molar-refractivity contribution in [2.24, 2.45) is 11.1 Å². The summed E-state index contributed by atoms with van der Waals surface area (Å²) in [5.74, 6) is 0. The average Bonchev–Trinajstić information content (AvgIpc) is 1.85. The van der Waals surface area contributed by atoms with Crippen LogP contribution in [0, 0.1) is 5.41 Å². The van der Waals surface area contributed by atoms with Gasteiger partial charge >= 0.3 is 6.09 Å². The summed E-state index contributed by atoms with van der Waals surface area (Å²) in [5.41, 5.74) is 4.84. The van der Waals surface area contributed by atoms with E-state index in [1.165, 1.54) is 0 Å². The van der Waals surface area contributed by atoms with Crippen molar-refractivity contribution in [3.05, 3.63) is 0 Å². The van der Waals surface area contributed by atoms with Crippen LogP contribution < -0.4 is 5.73 Å². The maximum absolute atomic E-state index is 10.2. The second kappa shape index (κ2) is 3.44. The fraction of sp³-hybridized carbons (Fsp3) is 0.857. The molecule has 0 saturated carbocycles. The summed E-state index contributed by atoms with van der Waals surface area (Å²) < 4.78 is 4.64. The molecule has 0 aliphatic rings. The van der Waals surface area contributed by atoms with Gasteiger partial charge in [0.2, 0.25) is 0 Å². The zero-order valence-electron chi connectivity index (χ0n) is 6.81. The smallest absolute Gasteiger partial charge is 0.404 e. The Morgan fingerprint density at radius 2 is 2.10 bits per heavy atom. The highest BCUT2D eigenvalue weighted by Gasteiger charge is 2.16. The molecule has 0 aromatic heterocycles. The lowest BCUT2D eigenvalue weighted by Crippen LogP contribution is -2.23. The number of amides is 1. The maximum atomic E-state index is 10.2. The number of carbonyl (C=O) groups excluding carboxylic acids is 1. The monoisotopic (exact) mass is 145 g/mol. The third-order valence-electron chi connectivity index (χ3n) is 1.56. The highest BCUT2D eigenvalue weighted by atomic mass is 16.5. The molecule has 2 N–H and O–H groups in total. The molecule has 0 saturated heterocycles. The van der Waals surface area contributed by atoms with E-state index < -0.39 is 6.09 Å². The Balaban J connectivity index is 3.56. The van der Waals surface area contributed by atoms with Crippen molar-refractivity contribution in [2.45, 2.75) is 27.2 Å². The summed E-state index contributed by atoms with van der Waals surface area (Å²) in [6.07, 6.45) is 0.279. The average molecular weight is 145 g/mol. The van der Waals surface area contributed by atoms with Crippen LogP contribution in [0.5, 0.6) is 0 Å². The first-order valence-corrected chi connectivity index (χ1v) is 3.40.